The third kappa shape index (κ3) is 5.35. The van der Waals surface area contributed by atoms with Crippen LogP contribution in [0.4, 0.5) is 5.69 Å². The molecule has 0 radical (unpaired) electrons. The Morgan fingerprint density at radius 1 is 1.14 bits per heavy atom. The second-order valence-corrected chi connectivity index (χ2v) is 8.38. The van der Waals surface area contributed by atoms with Gasteiger partial charge in [-0.1, -0.05) is 56.8 Å². The van der Waals surface area contributed by atoms with Crippen molar-refractivity contribution in [2.24, 2.45) is 0 Å². The van der Waals surface area contributed by atoms with Gasteiger partial charge in [0.05, 0.1) is 12.4 Å². The van der Waals surface area contributed by atoms with E-state index in [4.69, 9.17) is 4.74 Å². The lowest BCUT2D eigenvalue weighted by atomic mass is 9.87. The number of nitrogens with one attached hydrogen (secondary N) is 1. The monoisotopic (exact) mass is 411 g/mol. The zero-order valence-corrected chi connectivity index (χ0v) is 17.9. The first-order valence-electron chi connectivity index (χ1n) is 9.42. The minimum absolute atomic E-state index is 0.0766. The Bertz CT molecular complexity index is 964. The highest BCUT2D eigenvalue weighted by Gasteiger charge is 2.16. The molecular weight excluding hydrogens is 386 g/mol. The Kier molecular flexibility index (Phi) is 6.53. The van der Waals surface area contributed by atoms with E-state index in [2.05, 4.69) is 41.6 Å². The number of hydrogen-bond donors (Lipinski definition) is 1. The summed E-state index contributed by atoms with van der Waals surface area (Å²) in [5, 5.41) is 15.3. The standard InChI is InChI=1S/C21H25N5O2S/c1-5-28-18-9-7-6-8-17(18)26-20(23-24-25-26)29-14-19(27)22-16-12-10-15(11-13-16)21(2,3)4/h6-13H,5,14H2,1-4H3,(H,22,27). The van der Waals surface area contributed by atoms with Crippen LogP contribution in [0.3, 0.4) is 0 Å². The number of anilines is 1. The van der Waals surface area contributed by atoms with Crippen LogP contribution < -0.4 is 10.1 Å². The predicted molar refractivity (Wildman–Crippen MR) is 115 cm³/mol. The Morgan fingerprint density at radius 3 is 2.55 bits per heavy atom. The van der Waals surface area contributed by atoms with Crippen molar-refractivity contribution in [1.82, 2.24) is 20.2 Å². The zero-order valence-electron chi connectivity index (χ0n) is 17.0. The molecule has 3 aromatic rings. The van der Waals surface area contributed by atoms with Gasteiger partial charge >= 0.3 is 0 Å². The fourth-order valence-corrected chi connectivity index (χ4v) is 3.39. The van der Waals surface area contributed by atoms with Crippen molar-refractivity contribution in [3.8, 4) is 11.4 Å². The van der Waals surface area contributed by atoms with Crippen LogP contribution in [0, 0.1) is 0 Å². The third-order valence-electron chi connectivity index (χ3n) is 4.20. The Morgan fingerprint density at radius 2 is 1.86 bits per heavy atom. The second kappa shape index (κ2) is 9.09. The Hall–Kier alpha value is -2.87. The van der Waals surface area contributed by atoms with Gasteiger partial charge in [-0.25, -0.2) is 0 Å². The van der Waals surface area contributed by atoms with Crippen molar-refractivity contribution in [3.63, 3.8) is 0 Å². The zero-order chi connectivity index (χ0) is 20.9. The summed E-state index contributed by atoms with van der Waals surface area (Å²) in [6.45, 7) is 8.93. The molecule has 29 heavy (non-hydrogen) atoms. The summed E-state index contributed by atoms with van der Waals surface area (Å²) in [6, 6.07) is 15.4. The predicted octanol–water partition coefficient (Wildman–Crippen LogP) is 4.09. The maximum absolute atomic E-state index is 12.4. The molecule has 0 aliphatic heterocycles. The summed E-state index contributed by atoms with van der Waals surface area (Å²) < 4.78 is 7.23. The number of ether oxygens (including phenoxy) is 1. The molecule has 0 bridgehead atoms. The summed E-state index contributed by atoms with van der Waals surface area (Å²) in [4.78, 5) is 12.4. The summed E-state index contributed by atoms with van der Waals surface area (Å²) in [5.41, 5.74) is 2.80. The number of carbonyl (C=O) groups excluding carboxylic acids is 1. The van der Waals surface area contributed by atoms with Gasteiger partial charge in [-0.05, 0) is 52.6 Å². The molecule has 0 spiro atoms. The highest BCUT2D eigenvalue weighted by atomic mass is 32.2. The van der Waals surface area contributed by atoms with Crippen LogP contribution in [0.5, 0.6) is 5.75 Å². The quantitative estimate of drug-likeness (QED) is 0.590. The van der Waals surface area contributed by atoms with Crippen molar-refractivity contribution in [3.05, 3.63) is 54.1 Å². The van der Waals surface area contributed by atoms with E-state index in [-0.39, 0.29) is 17.1 Å². The molecule has 8 heteroatoms. The number of carbonyl (C=O) groups is 1. The molecule has 152 valence electrons. The summed E-state index contributed by atoms with van der Waals surface area (Å²) in [6.07, 6.45) is 0. The van der Waals surface area contributed by atoms with Gasteiger partial charge in [-0.2, -0.15) is 4.68 Å². The van der Waals surface area contributed by atoms with Crippen LogP contribution in [0.15, 0.2) is 53.7 Å². The molecule has 7 nitrogen and oxygen atoms in total. The lowest BCUT2D eigenvalue weighted by Crippen LogP contribution is -2.15. The first-order chi connectivity index (χ1) is 13.9. The summed E-state index contributed by atoms with van der Waals surface area (Å²) in [7, 11) is 0. The van der Waals surface area contributed by atoms with Crippen LogP contribution >= 0.6 is 11.8 Å². The molecule has 3 rings (SSSR count). The average Bonchev–Trinajstić information content (AvgIpc) is 3.15. The Balaban J connectivity index is 1.64. The maximum atomic E-state index is 12.4. The molecule has 0 saturated heterocycles. The van der Waals surface area contributed by atoms with Crippen molar-refractivity contribution in [2.75, 3.05) is 17.7 Å². The summed E-state index contributed by atoms with van der Waals surface area (Å²) >= 11 is 1.27. The highest BCUT2D eigenvalue weighted by molar-refractivity contribution is 7.99. The van der Waals surface area contributed by atoms with Crippen LogP contribution in [0.1, 0.15) is 33.3 Å². The molecule has 0 atom stereocenters. The second-order valence-electron chi connectivity index (χ2n) is 7.44. The van der Waals surface area contributed by atoms with E-state index >= 15 is 0 Å². The number of amides is 1. The molecule has 1 aromatic heterocycles. The maximum Gasteiger partial charge on any atom is 0.234 e. The SMILES string of the molecule is CCOc1ccccc1-n1nnnc1SCC(=O)Nc1ccc(C(C)(C)C)cc1. The first-order valence-corrected chi connectivity index (χ1v) is 10.4. The molecule has 1 N–H and O–H groups in total. The molecule has 0 aliphatic carbocycles. The fraction of sp³-hybridized carbons (Fsp3) is 0.333. The van der Waals surface area contributed by atoms with E-state index < -0.39 is 0 Å². The van der Waals surface area contributed by atoms with Crippen molar-refractivity contribution >= 4 is 23.4 Å². The molecule has 2 aromatic carbocycles. The number of tetrazole rings is 1. The van der Waals surface area contributed by atoms with Gasteiger partial charge in [0.25, 0.3) is 0 Å². The van der Waals surface area contributed by atoms with Crippen molar-refractivity contribution in [1.29, 1.82) is 0 Å². The van der Waals surface area contributed by atoms with Gasteiger partial charge in [-0.3, -0.25) is 4.79 Å². The van der Waals surface area contributed by atoms with Crippen LogP contribution in [-0.2, 0) is 10.2 Å². The van der Waals surface area contributed by atoms with E-state index in [0.29, 0.717) is 17.5 Å². The van der Waals surface area contributed by atoms with Gasteiger partial charge in [0.15, 0.2) is 0 Å². The van der Waals surface area contributed by atoms with E-state index in [1.807, 2.05) is 55.5 Å². The topological polar surface area (TPSA) is 81.9 Å². The number of rotatable bonds is 7. The number of para-hydroxylation sites is 2. The van der Waals surface area contributed by atoms with Gasteiger partial charge in [0.1, 0.15) is 11.4 Å². The van der Waals surface area contributed by atoms with E-state index in [0.717, 1.165) is 11.4 Å². The van der Waals surface area contributed by atoms with E-state index in [9.17, 15) is 4.79 Å². The number of thioether (sulfide) groups is 1. The molecular formula is C21H25N5O2S. The Labute approximate surface area is 174 Å². The minimum atomic E-state index is -0.119. The van der Waals surface area contributed by atoms with E-state index in [1.165, 1.54) is 17.3 Å². The van der Waals surface area contributed by atoms with Crippen LogP contribution in [0.2, 0.25) is 0 Å². The van der Waals surface area contributed by atoms with Gasteiger partial charge < -0.3 is 10.1 Å². The van der Waals surface area contributed by atoms with Crippen LogP contribution in [-0.4, -0.2) is 38.5 Å². The normalized spacial score (nSPS) is 11.3. The molecule has 0 fully saturated rings. The van der Waals surface area contributed by atoms with E-state index in [1.54, 1.807) is 4.68 Å². The number of benzene rings is 2. The lowest BCUT2D eigenvalue weighted by Gasteiger charge is -2.19. The number of aromatic nitrogens is 4. The molecule has 1 heterocycles. The molecule has 0 saturated carbocycles. The first kappa shape index (κ1) is 20.9. The van der Waals surface area contributed by atoms with Crippen molar-refractivity contribution < 1.29 is 9.53 Å². The number of hydrogen-bond acceptors (Lipinski definition) is 6. The van der Waals surface area contributed by atoms with Gasteiger partial charge in [-0.15, -0.1) is 5.10 Å². The van der Waals surface area contributed by atoms with Crippen molar-refractivity contribution in [2.45, 2.75) is 38.3 Å². The largest absolute Gasteiger partial charge is 0.492 e. The fourth-order valence-electron chi connectivity index (χ4n) is 2.71. The minimum Gasteiger partial charge on any atom is -0.492 e. The third-order valence-corrected chi connectivity index (χ3v) is 5.12. The lowest BCUT2D eigenvalue weighted by molar-refractivity contribution is -0.113. The van der Waals surface area contributed by atoms with Crippen LogP contribution in [0.25, 0.3) is 5.69 Å². The molecule has 1 amide bonds. The van der Waals surface area contributed by atoms with Gasteiger partial charge in [0, 0.05) is 5.69 Å². The molecule has 0 unspecified atom stereocenters. The highest BCUT2D eigenvalue weighted by Crippen LogP contribution is 2.26. The number of nitrogens with zero attached hydrogens (tertiary/aromatic N) is 4. The summed E-state index contributed by atoms with van der Waals surface area (Å²) in [5.74, 6) is 0.761. The molecule has 0 aliphatic rings. The smallest absolute Gasteiger partial charge is 0.234 e. The average molecular weight is 412 g/mol. The van der Waals surface area contributed by atoms with Gasteiger partial charge in [0.2, 0.25) is 11.1 Å².